The minimum absolute atomic E-state index is 0.0334. The van der Waals surface area contributed by atoms with Crippen LogP contribution in [-0.2, 0) is 4.79 Å². The molecule has 0 saturated carbocycles. The number of nitrogens with one attached hydrogen (secondary N) is 2. The number of primary amides is 1. The van der Waals surface area contributed by atoms with Crippen LogP contribution in [0, 0.1) is 0 Å². The Balaban J connectivity index is 2.85. The lowest BCUT2D eigenvalue weighted by atomic mass is 10.1. The van der Waals surface area contributed by atoms with Gasteiger partial charge in [0.05, 0.1) is 19.3 Å². The van der Waals surface area contributed by atoms with E-state index in [1.807, 2.05) is 45.9 Å². The van der Waals surface area contributed by atoms with Crippen molar-refractivity contribution in [1.82, 2.24) is 10.6 Å². The van der Waals surface area contributed by atoms with Crippen LogP contribution in [0.4, 0.5) is 4.79 Å². The number of benzene rings is 1. The molecule has 4 N–H and O–H groups in total. The van der Waals surface area contributed by atoms with E-state index >= 15 is 0 Å². The zero-order chi connectivity index (χ0) is 19.7. The second-order valence-electron chi connectivity index (χ2n) is 6.51. The molecule has 0 aliphatic carbocycles. The molecule has 0 aliphatic rings. The second kappa shape index (κ2) is 10.5. The summed E-state index contributed by atoms with van der Waals surface area (Å²) in [5, 5.41) is 5.42. The third-order valence-electron chi connectivity index (χ3n) is 3.89. The average Bonchev–Trinajstić information content (AvgIpc) is 2.57. The van der Waals surface area contributed by atoms with Gasteiger partial charge in [0.15, 0.2) is 11.5 Å². The molecule has 26 heavy (non-hydrogen) atoms. The number of hydrogen-bond acceptors (Lipinski definition) is 4. The van der Waals surface area contributed by atoms with Crippen molar-refractivity contribution in [3.05, 3.63) is 23.8 Å². The van der Waals surface area contributed by atoms with Crippen molar-refractivity contribution in [1.29, 1.82) is 0 Å². The number of urea groups is 1. The van der Waals surface area contributed by atoms with Crippen molar-refractivity contribution in [3.63, 3.8) is 0 Å². The predicted molar refractivity (Wildman–Crippen MR) is 101 cm³/mol. The van der Waals surface area contributed by atoms with Gasteiger partial charge in [0.25, 0.3) is 0 Å². The lowest BCUT2D eigenvalue weighted by Crippen LogP contribution is -2.49. The van der Waals surface area contributed by atoms with Gasteiger partial charge in [-0.1, -0.05) is 25.8 Å². The maximum absolute atomic E-state index is 12.5. The highest BCUT2D eigenvalue weighted by atomic mass is 16.5. The normalized spacial score (nSPS) is 13.0. The lowest BCUT2D eigenvalue weighted by molar-refractivity contribution is -0.123. The van der Waals surface area contributed by atoms with Crippen molar-refractivity contribution in [2.45, 2.75) is 65.1 Å². The molecule has 0 fully saturated rings. The fourth-order valence-electron chi connectivity index (χ4n) is 2.55. The first-order valence-electron chi connectivity index (χ1n) is 8.99. The van der Waals surface area contributed by atoms with Gasteiger partial charge in [0.2, 0.25) is 5.91 Å². The van der Waals surface area contributed by atoms with Crippen LogP contribution >= 0.6 is 0 Å². The van der Waals surface area contributed by atoms with Crippen LogP contribution in [0.5, 0.6) is 11.5 Å². The summed E-state index contributed by atoms with van der Waals surface area (Å²) in [6.45, 7) is 7.78. The summed E-state index contributed by atoms with van der Waals surface area (Å²) >= 11 is 0. The number of ether oxygens (including phenoxy) is 2. The third kappa shape index (κ3) is 6.82. The zero-order valence-electron chi connectivity index (χ0n) is 16.3. The van der Waals surface area contributed by atoms with Crippen molar-refractivity contribution in [3.8, 4) is 11.5 Å². The number of methoxy groups -OCH3 is 1. The van der Waals surface area contributed by atoms with Gasteiger partial charge in [-0.25, -0.2) is 4.79 Å². The van der Waals surface area contributed by atoms with Gasteiger partial charge in [0, 0.05) is 0 Å². The summed E-state index contributed by atoms with van der Waals surface area (Å²) in [6, 6.07) is 3.95. The monoisotopic (exact) mass is 365 g/mol. The van der Waals surface area contributed by atoms with E-state index in [1.54, 1.807) is 7.11 Å². The fraction of sp³-hybridized carbons (Fsp3) is 0.579. The third-order valence-corrected chi connectivity index (χ3v) is 3.89. The maximum atomic E-state index is 12.5. The van der Waals surface area contributed by atoms with Gasteiger partial charge in [-0.05, 0) is 44.9 Å². The van der Waals surface area contributed by atoms with E-state index in [0.717, 1.165) is 18.4 Å². The molecule has 0 spiro atoms. The summed E-state index contributed by atoms with van der Waals surface area (Å²) in [5.41, 5.74) is 6.05. The lowest BCUT2D eigenvalue weighted by Gasteiger charge is -2.22. The van der Waals surface area contributed by atoms with Crippen molar-refractivity contribution in [2.24, 2.45) is 5.73 Å². The SMILES string of the molecule is CCCCC(NC(N)=O)C(=O)NC(C)c1ccc(OC(C)C)c(OC)c1. The summed E-state index contributed by atoms with van der Waals surface area (Å²) < 4.78 is 11.1. The molecule has 1 rings (SSSR count). The molecule has 1 aromatic rings. The Labute approximate surface area is 155 Å². The standard InChI is InChI=1S/C19H31N3O4/c1-6-7-8-15(22-19(20)24)18(23)21-13(4)14-9-10-16(26-12(2)3)17(11-14)25-5/h9-13,15H,6-8H2,1-5H3,(H,21,23)(H3,20,22,24). The van der Waals surface area contributed by atoms with Crippen LogP contribution in [0.15, 0.2) is 18.2 Å². The molecule has 0 bridgehead atoms. The molecule has 1 aromatic carbocycles. The molecule has 3 amide bonds. The molecule has 2 atom stereocenters. The molecular formula is C19H31N3O4. The van der Waals surface area contributed by atoms with Crippen LogP contribution in [0.3, 0.4) is 0 Å². The topological polar surface area (TPSA) is 103 Å². The first-order valence-corrected chi connectivity index (χ1v) is 8.99. The van der Waals surface area contributed by atoms with Gasteiger partial charge in [-0.15, -0.1) is 0 Å². The molecule has 7 nitrogen and oxygen atoms in total. The highest BCUT2D eigenvalue weighted by Gasteiger charge is 2.21. The Morgan fingerprint density at radius 3 is 2.38 bits per heavy atom. The van der Waals surface area contributed by atoms with E-state index in [9.17, 15) is 9.59 Å². The maximum Gasteiger partial charge on any atom is 0.312 e. The molecule has 146 valence electrons. The van der Waals surface area contributed by atoms with Crippen molar-refractivity contribution < 1.29 is 19.1 Å². The van der Waals surface area contributed by atoms with Crippen LogP contribution in [0.25, 0.3) is 0 Å². The minimum atomic E-state index is -0.703. The molecule has 0 saturated heterocycles. The van der Waals surface area contributed by atoms with Crippen LogP contribution in [0.1, 0.15) is 58.6 Å². The number of rotatable bonds is 10. The summed E-state index contributed by atoms with van der Waals surface area (Å²) in [7, 11) is 1.58. The Morgan fingerprint density at radius 1 is 1.15 bits per heavy atom. The molecule has 0 radical (unpaired) electrons. The summed E-state index contributed by atoms with van der Waals surface area (Å²) in [4.78, 5) is 23.6. The predicted octanol–water partition coefficient (Wildman–Crippen LogP) is 2.89. The Kier molecular flexibility index (Phi) is 8.75. The summed E-state index contributed by atoms with van der Waals surface area (Å²) in [6.07, 6.45) is 2.32. The van der Waals surface area contributed by atoms with Crippen molar-refractivity contribution in [2.75, 3.05) is 7.11 Å². The average molecular weight is 365 g/mol. The fourth-order valence-corrected chi connectivity index (χ4v) is 2.55. The molecular weight excluding hydrogens is 334 g/mol. The van der Waals surface area contributed by atoms with Crippen LogP contribution in [-0.4, -0.2) is 31.2 Å². The summed E-state index contributed by atoms with van der Waals surface area (Å²) in [5.74, 6) is 1.00. The molecule has 2 unspecified atom stereocenters. The number of carbonyl (C=O) groups is 2. The van der Waals surface area contributed by atoms with E-state index in [4.69, 9.17) is 15.2 Å². The van der Waals surface area contributed by atoms with Gasteiger partial charge in [-0.3, -0.25) is 4.79 Å². The van der Waals surface area contributed by atoms with E-state index in [1.165, 1.54) is 0 Å². The van der Waals surface area contributed by atoms with Gasteiger partial charge < -0.3 is 25.8 Å². The van der Waals surface area contributed by atoms with Crippen molar-refractivity contribution >= 4 is 11.9 Å². The van der Waals surface area contributed by atoms with Gasteiger partial charge in [-0.2, -0.15) is 0 Å². The van der Waals surface area contributed by atoms with E-state index < -0.39 is 12.1 Å². The largest absolute Gasteiger partial charge is 0.493 e. The number of amides is 3. The van der Waals surface area contributed by atoms with E-state index in [-0.39, 0.29) is 18.1 Å². The highest BCUT2D eigenvalue weighted by Crippen LogP contribution is 2.31. The number of nitrogens with two attached hydrogens (primary N) is 1. The van der Waals surface area contributed by atoms with Crippen LogP contribution in [0.2, 0.25) is 0 Å². The number of unbranched alkanes of at least 4 members (excludes halogenated alkanes) is 1. The van der Waals surface area contributed by atoms with E-state index in [0.29, 0.717) is 17.9 Å². The Morgan fingerprint density at radius 2 is 1.85 bits per heavy atom. The first kappa shape index (κ1) is 21.6. The van der Waals surface area contributed by atoms with Gasteiger partial charge >= 0.3 is 6.03 Å². The second-order valence-corrected chi connectivity index (χ2v) is 6.51. The quantitative estimate of drug-likeness (QED) is 0.593. The number of hydrogen-bond donors (Lipinski definition) is 3. The Bertz CT molecular complexity index is 604. The first-order chi connectivity index (χ1) is 12.3. The van der Waals surface area contributed by atoms with Gasteiger partial charge in [0.1, 0.15) is 6.04 Å². The smallest absolute Gasteiger partial charge is 0.312 e. The highest BCUT2D eigenvalue weighted by molar-refractivity contribution is 5.86. The molecule has 0 aliphatic heterocycles. The number of carbonyl (C=O) groups excluding carboxylic acids is 2. The molecule has 0 heterocycles. The zero-order valence-corrected chi connectivity index (χ0v) is 16.3. The van der Waals surface area contributed by atoms with Crippen LogP contribution < -0.4 is 25.8 Å². The van der Waals surface area contributed by atoms with E-state index in [2.05, 4.69) is 10.6 Å². The molecule has 0 aromatic heterocycles. The Hall–Kier alpha value is -2.44. The molecule has 7 heteroatoms. The minimum Gasteiger partial charge on any atom is -0.493 e.